The molecule has 1 saturated heterocycles. The van der Waals surface area contributed by atoms with Crippen molar-refractivity contribution in [2.75, 3.05) is 26.2 Å². The van der Waals surface area contributed by atoms with Gasteiger partial charge in [0.2, 0.25) is 0 Å². The maximum Gasteiger partial charge on any atom is 0.0524 e. The van der Waals surface area contributed by atoms with E-state index < -0.39 is 0 Å². The quantitative estimate of drug-likeness (QED) is 0.690. The highest BCUT2D eigenvalue weighted by atomic mass is 16.3. The first-order valence-electron chi connectivity index (χ1n) is 5.86. The van der Waals surface area contributed by atoms with E-state index in [2.05, 4.69) is 17.1 Å². The van der Waals surface area contributed by atoms with Gasteiger partial charge in [0, 0.05) is 12.6 Å². The van der Waals surface area contributed by atoms with Gasteiger partial charge < -0.3 is 15.3 Å². The van der Waals surface area contributed by atoms with Crippen LogP contribution in [0.4, 0.5) is 0 Å². The first kappa shape index (κ1) is 12.0. The topological polar surface area (TPSA) is 35.5 Å². The fourth-order valence-electron chi connectivity index (χ4n) is 2.02. The second kappa shape index (κ2) is 6.38. The van der Waals surface area contributed by atoms with Gasteiger partial charge in [-0.15, -0.1) is 0 Å². The number of piperidine rings is 1. The van der Waals surface area contributed by atoms with E-state index in [9.17, 15) is 5.11 Å². The summed E-state index contributed by atoms with van der Waals surface area (Å²) in [6.07, 6.45) is 3.27. The molecule has 1 aliphatic rings. The fraction of sp³-hybridized carbons (Fsp3) is 1.00. The molecule has 84 valence electrons. The maximum atomic E-state index is 9.18. The molecule has 0 amide bonds. The van der Waals surface area contributed by atoms with E-state index in [1.807, 2.05) is 6.92 Å². The van der Waals surface area contributed by atoms with Crippen LogP contribution in [0.25, 0.3) is 0 Å². The summed E-state index contributed by atoms with van der Waals surface area (Å²) in [6.45, 7) is 8.54. The fourth-order valence-corrected chi connectivity index (χ4v) is 2.02. The summed E-state index contributed by atoms with van der Waals surface area (Å²) in [5.74, 6) is 0. The molecule has 1 unspecified atom stereocenters. The third-order valence-corrected chi connectivity index (χ3v) is 2.94. The van der Waals surface area contributed by atoms with Crippen molar-refractivity contribution >= 4 is 0 Å². The predicted molar refractivity (Wildman–Crippen MR) is 59.4 cm³/mol. The van der Waals surface area contributed by atoms with E-state index >= 15 is 0 Å². The van der Waals surface area contributed by atoms with Crippen LogP contribution in [0.1, 0.15) is 33.1 Å². The third-order valence-electron chi connectivity index (χ3n) is 2.94. The molecule has 1 heterocycles. The third kappa shape index (κ3) is 4.40. The Morgan fingerprint density at radius 3 is 2.57 bits per heavy atom. The molecule has 0 saturated carbocycles. The van der Waals surface area contributed by atoms with Crippen molar-refractivity contribution in [2.45, 2.75) is 45.3 Å². The monoisotopic (exact) mass is 200 g/mol. The van der Waals surface area contributed by atoms with E-state index in [0.717, 1.165) is 25.6 Å². The van der Waals surface area contributed by atoms with Crippen LogP contribution in [0.5, 0.6) is 0 Å². The number of rotatable bonds is 5. The van der Waals surface area contributed by atoms with Crippen molar-refractivity contribution in [3.8, 4) is 0 Å². The number of hydrogen-bond donors (Lipinski definition) is 2. The van der Waals surface area contributed by atoms with Crippen molar-refractivity contribution in [1.82, 2.24) is 10.2 Å². The lowest BCUT2D eigenvalue weighted by atomic mass is 10.0. The van der Waals surface area contributed by atoms with E-state index in [1.165, 1.54) is 25.9 Å². The number of hydrogen-bond acceptors (Lipinski definition) is 3. The van der Waals surface area contributed by atoms with E-state index in [0.29, 0.717) is 0 Å². The van der Waals surface area contributed by atoms with Crippen LogP contribution < -0.4 is 5.32 Å². The zero-order valence-electron chi connectivity index (χ0n) is 9.50. The zero-order valence-corrected chi connectivity index (χ0v) is 9.50. The first-order valence-corrected chi connectivity index (χ1v) is 5.86. The van der Waals surface area contributed by atoms with Crippen LogP contribution in [-0.4, -0.2) is 48.3 Å². The number of nitrogens with one attached hydrogen (secondary N) is 1. The van der Waals surface area contributed by atoms with Crippen LogP contribution in [0.3, 0.4) is 0 Å². The Balaban J connectivity index is 2.09. The van der Waals surface area contributed by atoms with Crippen LogP contribution in [0, 0.1) is 0 Å². The average Bonchev–Trinajstić information content (AvgIpc) is 2.17. The van der Waals surface area contributed by atoms with Crippen molar-refractivity contribution in [1.29, 1.82) is 0 Å². The lowest BCUT2D eigenvalue weighted by Gasteiger charge is -2.32. The average molecular weight is 200 g/mol. The Morgan fingerprint density at radius 1 is 1.43 bits per heavy atom. The lowest BCUT2D eigenvalue weighted by molar-refractivity contribution is 0.139. The smallest absolute Gasteiger partial charge is 0.0524 e. The highest BCUT2D eigenvalue weighted by molar-refractivity contribution is 4.76. The molecule has 1 aliphatic heterocycles. The molecule has 14 heavy (non-hydrogen) atoms. The molecule has 0 aromatic heterocycles. The highest BCUT2D eigenvalue weighted by Gasteiger charge is 2.17. The predicted octanol–water partition coefficient (Wildman–Crippen LogP) is 0.831. The van der Waals surface area contributed by atoms with E-state index in [4.69, 9.17) is 0 Å². The molecule has 3 heteroatoms. The van der Waals surface area contributed by atoms with Crippen LogP contribution in [0.15, 0.2) is 0 Å². The largest absolute Gasteiger partial charge is 0.393 e. The summed E-state index contributed by atoms with van der Waals surface area (Å²) in [4.78, 5) is 2.46. The molecule has 0 radical (unpaired) electrons. The lowest BCUT2D eigenvalue weighted by Crippen LogP contribution is -2.43. The molecule has 3 nitrogen and oxygen atoms in total. The summed E-state index contributed by atoms with van der Waals surface area (Å²) < 4.78 is 0. The van der Waals surface area contributed by atoms with Crippen molar-refractivity contribution in [2.24, 2.45) is 0 Å². The Kier molecular flexibility index (Phi) is 5.45. The minimum Gasteiger partial charge on any atom is -0.393 e. The van der Waals surface area contributed by atoms with Crippen molar-refractivity contribution in [3.05, 3.63) is 0 Å². The van der Waals surface area contributed by atoms with E-state index in [-0.39, 0.29) is 6.10 Å². The molecule has 1 fully saturated rings. The van der Waals surface area contributed by atoms with Gasteiger partial charge in [-0.2, -0.15) is 0 Å². The molecule has 1 rings (SSSR count). The van der Waals surface area contributed by atoms with Gasteiger partial charge in [0.25, 0.3) is 0 Å². The van der Waals surface area contributed by atoms with Gasteiger partial charge in [0.1, 0.15) is 0 Å². The molecule has 0 aromatic rings. The molecule has 2 N–H and O–H groups in total. The summed E-state index contributed by atoms with van der Waals surface area (Å²) >= 11 is 0. The maximum absolute atomic E-state index is 9.18. The number of aliphatic hydroxyl groups excluding tert-OH is 1. The summed E-state index contributed by atoms with van der Waals surface area (Å²) in [7, 11) is 0. The molecular weight excluding hydrogens is 176 g/mol. The van der Waals surface area contributed by atoms with Gasteiger partial charge >= 0.3 is 0 Å². The SMILES string of the molecule is CCNC1CCN(CCC(C)O)CC1. The standard InChI is InChI=1S/C11H24N2O/c1-3-12-11-5-8-13(9-6-11)7-4-10(2)14/h10-12,14H,3-9H2,1-2H3. The number of aliphatic hydroxyl groups is 1. The Bertz CT molecular complexity index is 142. The Morgan fingerprint density at radius 2 is 2.07 bits per heavy atom. The molecule has 1 atom stereocenters. The van der Waals surface area contributed by atoms with Crippen LogP contribution in [-0.2, 0) is 0 Å². The molecule has 0 spiro atoms. The van der Waals surface area contributed by atoms with Gasteiger partial charge in [-0.3, -0.25) is 0 Å². The summed E-state index contributed by atoms with van der Waals surface area (Å²) in [5.41, 5.74) is 0. The molecule has 0 bridgehead atoms. The second-order valence-electron chi connectivity index (χ2n) is 4.31. The molecular formula is C11H24N2O. The minimum absolute atomic E-state index is 0.151. The molecule has 0 aliphatic carbocycles. The van der Waals surface area contributed by atoms with Crippen LogP contribution >= 0.6 is 0 Å². The van der Waals surface area contributed by atoms with Crippen molar-refractivity contribution < 1.29 is 5.11 Å². The Labute approximate surface area is 87.5 Å². The first-order chi connectivity index (χ1) is 6.72. The Hall–Kier alpha value is -0.120. The van der Waals surface area contributed by atoms with Gasteiger partial charge in [0.05, 0.1) is 6.10 Å². The number of likely N-dealkylation sites (tertiary alicyclic amines) is 1. The van der Waals surface area contributed by atoms with Gasteiger partial charge in [-0.1, -0.05) is 6.92 Å². The highest BCUT2D eigenvalue weighted by Crippen LogP contribution is 2.10. The van der Waals surface area contributed by atoms with Gasteiger partial charge in [-0.25, -0.2) is 0 Å². The normalized spacial score (nSPS) is 22.5. The summed E-state index contributed by atoms with van der Waals surface area (Å²) in [6, 6.07) is 0.725. The molecule has 0 aromatic carbocycles. The van der Waals surface area contributed by atoms with Gasteiger partial charge in [-0.05, 0) is 45.8 Å². The van der Waals surface area contributed by atoms with Gasteiger partial charge in [0.15, 0.2) is 0 Å². The summed E-state index contributed by atoms with van der Waals surface area (Å²) in [5, 5.41) is 12.7. The number of nitrogens with zero attached hydrogens (tertiary/aromatic N) is 1. The second-order valence-corrected chi connectivity index (χ2v) is 4.31. The van der Waals surface area contributed by atoms with Crippen molar-refractivity contribution in [3.63, 3.8) is 0 Å². The minimum atomic E-state index is -0.151. The van der Waals surface area contributed by atoms with Crippen LogP contribution in [0.2, 0.25) is 0 Å². The van der Waals surface area contributed by atoms with E-state index in [1.54, 1.807) is 0 Å². The zero-order chi connectivity index (χ0) is 10.4.